The SMILES string of the molecule is COCCOc1ccc(C(=O)C2CCCNC2)cc1. The highest BCUT2D eigenvalue weighted by atomic mass is 16.5. The van der Waals surface area contributed by atoms with Crippen molar-refractivity contribution in [3.63, 3.8) is 0 Å². The molecular formula is C15H21NO3. The van der Waals surface area contributed by atoms with Crippen molar-refractivity contribution in [1.29, 1.82) is 0 Å². The smallest absolute Gasteiger partial charge is 0.167 e. The number of benzene rings is 1. The number of nitrogens with one attached hydrogen (secondary N) is 1. The Morgan fingerprint density at radius 3 is 2.74 bits per heavy atom. The lowest BCUT2D eigenvalue weighted by molar-refractivity contribution is 0.0899. The van der Waals surface area contributed by atoms with Crippen molar-refractivity contribution in [2.75, 3.05) is 33.4 Å². The minimum absolute atomic E-state index is 0.119. The van der Waals surface area contributed by atoms with E-state index < -0.39 is 0 Å². The van der Waals surface area contributed by atoms with E-state index in [2.05, 4.69) is 5.32 Å². The van der Waals surface area contributed by atoms with Crippen LogP contribution < -0.4 is 10.1 Å². The molecule has 1 aliphatic heterocycles. The van der Waals surface area contributed by atoms with Crippen LogP contribution >= 0.6 is 0 Å². The van der Waals surface area contributed by atoms with E-state index in [0.29, 0.717) is 13.2 Å². The summed E-state index contributed by atoms with van der Waals surface area (Å²) in [5.74, 6) is 1.13. The number of hydrogen-bond acceptors (Lipinski definition) is 4. The third kappa shape index (κ3) is 4.04. The van der Waals surface area contributed by atoms with E-state index >= 15 is 0 Å². The van der Waals surface area contributed by atoms with Crippen LogP contribution in [0.1, 0.15) is 23.2 Å². The van der Waals surface area contributed by atoms with Gasteiger partial charge in [-0.3, -0.25) is 4.79 Å². The molecule has 0 amide bonds. The molecule has 0 aromatic heterocycles. The molecule has 0 radical (unpaired) electrons. The number of carbonyl (C=O) groups excluding carboxylic acids is 1. The van der Waals surface area contributed by atoms with Gasteiger partial charge in [0.25, 0.3) is 0 Å². The molecule has 1 unspecified atom stereocenters. The molecule has 1 aliphatic rings. The number of carbonyl (C=O) groups is 1. The van der Waals surface area contributed by atoms with Gasteiger partial charge in [0.15, 0.2) is 5.78 Å². The number of hydrogen-bond donors (Lipinski definition) is 1. The summed E-state index contributed by atoms with van der Waals surface area (Å²) in [4.78, 5) is 12.3. The number of methoxy groups -OCH3 is 1. The number of ether oxygens (including phenoxy) is 2. The van der Waals surface area contributed by atoms with Crippen molar-refractivity contribution in [2.45, 2.75) is 12.8 Å². The van der Waals surface area contributed by atoms with E-state index in [9.17, 15) is 4.79 Å². The quantitative estimate of drug-likeness (QED) is 0.629. The summed E-state index contributed by atoms with van der Waals surface area (Å²) in [5, 5.41) is 3.27. The van der Waals surface area contributed by atoms with Crippen LogP contribution in [0, 0.1) is 5.92 Å². The van der Waals surface area contributed by atoms with E-state index in [1.54, 1.807) is 7.11 Å². The topological polar surface area (TPSA) is 47.6 Å². The van der Waals surface area contributed by atoms with Gasteiger partial charge in [-0.1, -0.05) is 0 Å². The molecule has 1 saturated heterocycles. The molecule has 1 N–H and O–H groups in total. The molecule has 0 spiro atoms. The lowest BCUT2D eigenvalue weighted by atomic mass is 9.91. The summed E-state index contributed by atoms with van der Waals surface area (Å²) in [6.07, 6.45) is 2.06. The lowest BCUT2D eigenvalue weighted by Crippen LogP contribution is -2.34. The van der Waals surface area contributed by atoms with E-state index in [1.165, 1.54) is 0 Å². The molecule has 0 aliphatic carbocycles. The monoisotopic (exact) mass is 263 g/mol. The lowest BCUT2D eigenvalue weighted by Gasteiger charge is -2.21. The van der Waals surface area contributed by atoms with Crippen LogP contribution in [0.15, 0.2) is 24.3 Å². The van der Waals surface area contributed by atoms with Crippen LogP contribution in [0.4, 0.5) is 0 Å². The van der Waals surface area contributed by atoms with E-state index in [0.717, 1.165) is 37.2 Å². The highest BCUT2D eigenvalue weighted by Gasteiger charge is 2.21. The third-order valence-corrected chi connectivity index (χ3v) is 3.36. The fourth-order valence-corrected chi connectivity index (χ4v) is 2.27. The Labute approximate surface area is 114 Å². The second kappa shape index (κ2) is 7.26. The minimum atomic E-state index is 0.119. The largest absolute Gasteiger partial charge is 0.491 e. The van der Waals surface area contributed by atoms with Gasteiger partial charge in [-0.2, -0.15) is 0 Å². The van der Waals surface area contributed by atoms with E-state index in [4.69, 9.17) is 9.47 Å². The zero-order valence-electron chi connectivity index (χ0n) is 11.4. The number of rotatable bonds is 6. The highest BCUT2D eigenvalue weighted by molar-refractivity contribution is 5.98. The van der Waals surface area contributed by atoms with Gasteiger partial charge in [0.05, 0.1) is 6.61 Å². The van der Waals surface area contributed by atoms with Crippen molar-refractivity contribution in [1.82, 2.24) is 5.32 Å². The molecule has 4 heteroatoms. The molecule has 1 aromatic carbocycles. The Morgan fingerprint density at radius 2 is 2.11 bits per heavy atom. The van der Waals surface area contributed by atoms with Crippen LogP contribution in [0.3, 0.4) is 0 Å². The maximum Gasteiger partial charge on any atom is 0.167 e. The zero-order valence-corrected chi connectivity index (χ0v) is 11.4. The average Bonchev–Trinajstić information content (AvgIpc) is 2.48. The Hall–Kier alpha value is -1.39. The summed E-state index contributed by atoms with van der Waals surface area (Å²) >= 11 is 0. The predicted molar refractivity (Wildman–Crippen MR) is 73.7 cm³/mol. The van der Waals surface area contributed by atoms with E-state index in [-0.39, 0.29) is 11.7 Å². The van der Waals surface area contributed by atoms with Gasteiger partial charge < -0.3 is 14.8 Å². The van der Waals surface area contributed by atoms with Crippen LogP contribution in [-0.2, 0) is 4.74 Å². The molecule has 2 rings (SSSR count). The Bertz CT molecular complexity index is 396. The van der Waals surface area contributed by atoms with Crippen LogP contribution in [0.2, 0.25) is 0 Å². The van der Waals surface area contributed by atoms with Gasteiger partial charge in [-0.25, -0.2) is 0 Å². The first-order chi connectivity index (χ1) is 9.31. The summed E-state index contributed by atoms with van der Waals surface area (Å²) in [7, 11) is 1.64. The maximum absolute atomic E-state index is 12.3. The molecule has 19 heavy (non-hydrogen) atoms. The van der Waals surface area contributed by atoms with Crippen LogP contribution in [0.25, 0.3) is 0 Å². The van der Waals surface area contributed by atoms with Crippen LogP contribution in [0.5, 0.6) is 5.75 Å². The molecule has 104 valence electrons. The summed E-state index contributed by atoms with van der Waals surface area (Å²) in [5.41, 5.74) is 0.771. The molecule has 4 nitrogen and oxygen atoms in total. The van der Waals surface area contributed by atoms with Crippen molar-refractivity contribution < 1.29 is 14.3 Å². The normalized spacial score (nSPS) is 19.1. The third-order valence-electron chi connectivity index (χ3n) is 3.36. The number of Topliss-reactive ketones (excluding diaryl/α,β-unsaturated/α-hetero) is 1. The Kier molecular flexibility index (Phi) is 5.36. The Morgan fingerprint density at radius 1 is 1.32 bits per heavy atom. The standard InChI is InChI=1S/C15H21NO3/c1-18-9-10-19-14-6-4-12(5-7-14)15(17)13-3-2-8-16-11-13/h4-7,13,16H,2-3,8-11H2,1H3. The zero-order chi connectivity index (χ0) is 13.5. The van der Waals surface area contributed by atoms with Crippen molar-refractivity contribution in [3.05, 3.63) is 29.8 Å². The first-order valence-corrected chi connectivity index (χ1v) is 6.78. The second-order valence-electron chi connectivity index (χ2n) is 4.77. The van der Waals surface area contributed by atoms with Crippen molar-refractivity contribution in [2.24, 2.45) is 5.92 Å². The molecule has 1 atom stereocenters. The van der Waals surface area contributed by atoms with Gasteiger partial charge in [-0.15, -0.1) is 0 Å². The number of piperidine rings is 1. The Balaban J connectivity index is 1.91. The molecule has 1 heterocycles. The van der Waals surface area contributed by atoms with Crippen LogP contribution in [-0.4, -0.2) is 39.2 Å². The number of ketones is 1. The summed E-state index contributed by atoms with van der Waals surface area (Å²) in [6.45, 7) is 2.91. The molecule has 1 aromatic rings. The molecule has 1 fully saturated rings. The fraction of sp³-hybridized carbons (Fsp3) is 0.533. The van der Waals surface area contributed by atoms with Gasteiger partial charge in [0.2, 0.25) is 0 Å². The van der Waals surface area contributed by atoms with Gasteiger partial charge in [-0.05, 0) is 43.7 Å². The minimum Gasteiger partial charge on any atom is -0.491 e. The van der Waals surface area contributed by atoms with Crippen molar-refractivity contribution >= 4 is 5.78 Å². The average molecular weight is 263 g/mol. The first kappa shape index (κ1) is 14.0. The summed E-state index contributed by atoms with van der Waals surface area (Å²) in [6, 6.07) is 7.39. The maximum atomic E-state index is 12.3. The predicted octanol–water partition coefficient (Wildman–Crippen LogP) is 1.89. The van der Waals surface area contributed by atoms with Gasteiger partial charge in [0.1, 0.15) is 12.4 Å². The van der Waals surface area contributed by atoms with E-state index in [1.807, 2.05) is 24.3 Å². The fourth-order valence-electron chi connectivity index (χ4n) is 2.27. The summed E-state index contributed by atoms with van der Waals surface area (Å²) < 4.78 is 10.4. The highest BCUT2D eigenvalue weighted by Crippen LogP contribution is 2.19. The molecular weight excluding hydrogens is 242 g/mol. The van der Waals surface area contributed by atoms with Gasteiger partial charge >= 0.3 is 0 Å². The van der Waals surface area contributed by atoms with Crippen molar-refractivity contribution in [3.8, 4) is 5.75 Å². The first-order valence-electron chi connectivity index (χ1n) is 6.78. The second-order valence-corrected chi connectivity index (χ2v) is 4.77. The molecule has 0 bridgehead atoms. The van der Waals surface area contributed by atoms with Gasteiger partial charge in [0, 0.05) is 25.1 Å². The molecule has 0 saturated carbocycles.